The Morgan fingerprint density at radius 3 is 2.20 bits per heavy atom. The molecule has 0 radical (unpaired) electrons. The number of nitro benzene ring substituents is 1. The highest BCUT2D eigenvalue weighted by molar-refractivity contribution is 7.91. The quantitative estimate of drug-likeness (QED) is 0.456. The maximum atomic E-state index is 13.0. The second-order valence-electron chi connectivity index (χ2n) is 6.24. The van der Waals surface area contributed by atoms with Crippen molar-refractivity contribution in [2.75, 3.05) is 0 Å². The van der Waals surface area contributed by atoms with Crippen molar-refractivity contribution in [3.63, 3.8) is 0 Å². The molecule has 30 heavy (non-hydrogen) atoms. The summed E-state index contributed by atoms with van der Waals surface area (Å²) in [5, 5.41) is 10.6. The van der Waals surface area contributed by atoms with E-state index in [4.69, 9.17) is 11.6 Å². The summed E-state index contributed by atoms with van der Waals surface area (Å²) < 4.78 is 27.4. The molecule has 0 saturated carbocycles. The van der Waals surface area contributed by atoms with Gasteiger partial charge in [-0.3, -0.25) is 15.1 Å². The molecule has 156 valence electrons. The Hall–Kier alpha value is -3.51. The zero-order valence-electron chi connectivity index (χ0n) is 15.4. The fourth-order valence-electron chi connectivity index (χ4n) is 2.83. The summed E-state index contributed by atoms with van der Waals surface area (Å²) in [7, 11) is -2.98. The SMILES string of the molecule is Cc1cc([N+](=O)[O-])cc(Cl)c1S(=O)(=O)c1ccc(-n2c(=O)[nH]c(=O)n(C)c2=O)cc1. The van der Waals surface area contributed by atoms with Gasteiger partial charge in [0.15, 0.2) is 0 Å². The number of aromatic nitrogens is 3. The molecule has 2 aromatic carbocycles. The highest BCUT2D eigenvalue weighted by Gasteiger charge is 2.26. The third-order valence-corrected chi connectivity index (χ3v) is 6.68. The van der Waals surface area contributed by atoms with Crippen molar-refractivity contribution >= 4 is 27.1 Å². The van der Waals surface area contributed by atoms with Gasteiger partial charge in [-0.15, -0.1) is 0 Å². The maximum absolute atomic E-state index is 13.0. The lowest BCUT2D eigenvalue weighted by molar-refractivity contribution is -0.384. The number of halogens is 1. The molecule has 0 aliphatic carbocycles. The van der Waals surface area contributed by atoms with E-state index in [1.807, 2.05) is 4.98 Å². The zero-order valence-corrected chi connectivity index (χ0v) is 17.0. The lowest BCUT2D eigenvalue weighted by Crippen LogP contribution is -2.47. The highest BCUT2D eigenvalue weighted by Crippen LogP contribution is 2.34. The number of aromatic amines is 1. The molecular formula is C17H13ClN4O7S. The topological polar surface area (TPSA) is 154 Å². The van der Waals surface area contributed by atoms with E-state index in [1.165, 1.54) is 26.1 Å². The maximum Gasteiger partial charge on any atom is 0.340 e. The third kappa shape index (κ3) is 3.46. The molecule has 1 N–H and O–H groups in total. The van der Waals surface area contributed by atoms with Crippen molar-refractivity contribution in [1.82, 2.24) is 14.1 Å². The highest BCUT2D eigenvalue weighted by atomic mass is 35.5. The van der Waals surface area contributed by atoms with E-state index in [1.54, 1.807) is 0 Å². The van der Waals surface area contributed by atoms with Crippen molar-refractivity contribution in [3.05, 3.63) is 88.6 Å². The van der Waals surface area contributed by atoms with E-state index in [9.17, 15) is 32.9 Å². The number of hydrogen-bond donors (Lipinski definition) is 1. The van der Waals surface area contributed by atoms with Gasteiger partial charge in [0.05, 0.1) is 25.4 Å². The van der Waals surface area contributed by atoms with Crippen LogP contribution in [0.2, 0.25) is 5.02 Å². The van der Waals surface area contributed by atoms with Crippen molar-refractivity contribution < 1.29 is 13.3 Å². The number of rotatable bonds is 4. The normalized spacial score (nSPS) is 11.4. The van der Waals surface area contributed by atoms with Crippen LogP contribution < -0.4 is 17.1 Å². The number of non-ortho nitro benzene ring substituents is 1. The van der Waals surface area contributed by atoms with Crippen LogP contribution in [0.3, 0.4) is 0 Å². The Bertz CT molecular complexity index is 1440. The van der Waals surface area contributed by atoms with Gasteiger partial charge in [-0.2, -0.15) is 0 Å². The van der Waals surface area contributed by atoms with Crippen LogP contribution in [0, 0.1) is 17.0 Å². The average molecular weight is 453 g/mol. The van der Waals surface area contributed by atoms with Crippen molar-refractivity contribution in [1.29, 1.82) is 0 Å². The minimum absolute atomic E-state index is 0.0299. The Kier molecular flexibility index (Phi) is 5.22. The lowest BCUT2D eigenvalue weighted by Gasteiger charge is -2.11. The Balaban J connectivity index is 2.13. The molecule has 0 bridgehead atoms. The minimum atomic E-state index is -4.16. The van der Waals surface area contributed by atoms with E-state index in [-0.39, 0.29) is 31.8 Å². The van der Waals surface area contributed by atoms with Gasteiger partial charge < -0.3 is 0 Å². The molecule has 0 atom stereocenters. The molecule has 1 heterocycles. The number of nitrogens with zero attached hydrogens (tertiary/aromatic N) is 3. The summed E-state index contributed by atoms with van der Waals surface area (Å²) in [6.07, 6.45) is 0. The van der Waals surface area contributed by atoms with Crippen LogP contribution >= 0.6 is 11.6 Å². The number of nitrogens with one attached hydrogen (secondary N) is 1. The van der Waals surface area contributed by atoms with Crippen LogP contribution in [-0.4, -0.2) is 27.5 Å². The molecule has 0 spiro atoms. The van der Waals surface area contributed by atoms with Gasteiger partial charge in [0, 0.05) is 19.2 Å². The van der Waals surface area contributed by atoms with Crippen molar-refractivity contribution in [2.45, 2.75) is 16.7 Å². The van der Waals surface area contributed by atoms with Gasteiger partial charge in [-0.25, -0.2) is 31.9 Å². The van der Waals surface area contributed by atoms with E-state index >= 15 is 0 Å². The number of hydrogen-bond acceptors (Lipinski definition) is 7. The molecule has 0 amide bonds. The summed E-state index contributed by atoms with van der Waals surface area (Å²) in [5.41, 5.74) is -3.00. The molecule has 0 saturated heterocycles. The molecule has 3 aromatic rings. The van der Waals surface area contributed by atoms with Crippen LogP contribution in [0.4, 0.5) is 5.69 Å². The van der Waals surface area contributed by atoms with E-state index in [0.29, 0.717) is 9.13 Å². The summed E-state index contributed by atoms with van der Waals surface area (Å²) in [6.45, 7) is 1.38. The summed E-state index contributed by atoms with van der Waals surface area (Å²) in [4.78, 5) is 47.4. The largest absolute Gasteiger partial charge is 0.340 e. The van der Waals surface area contributed by atoms with E-state index < -0.39 is 31.8 Å². The number of sulfone groups is 1. The molecule has 0 aliphatic heterocycles. The Morgan fingerprint density at radius 1 is 1.07 bits per heavy atom. The fraction of sp³-hybridized carbons (Fsp3) is 0.118. The molecule has 13 heteroatoms. The van der Waals surface area contributed by atoms with E-state index in [0.717, 1.165) is 24.3 Å². The van der Waals surface area contributed by atoms with Crippen molar-refractivity contribution in [3.8, 4) is 5.69 Å². The second kappa shape index (κ2) is 7.39. The smallest absolute Gasteiger partial charge is 0.258 e. The van der Waals surface area contributed by atoms with Gasteiger partial charge >= 0.3 is 17.1 Å². The molecule has 0 fully saturated rings. The van der Waals surface area contributed by atoms with Crippen molar-refractivity contribution in [2.24, 2.45) is 7.05 Å². The first-order valence-electron chi connectivity index (χ1n) is 8.17. The molecule has 3 rings (SSSR count). The number of H-pyrrole nitrogens is 1. The molecule has 0 unspecified atom stereocenters. The third-order valence-electron chi connectivity index (χ3n) is 4.30. The first kappa shape index (κ1) is 21.2. The zero-order chi connectivity index (χ0) is 22.4. The predicted octanol–water partition coefficient (Wildman–Crippen LogP) is 0.927. The minimum Gasteiger partial charge on any atom is -0.258 e. The first-order valence-corrected chi connectivity index (χ1v) is 10.0. The van der Waals surface area contributed by atoms with Crippen LogP contribution in [0.5, 0.6) is 0 Å². The van der Waals surface area contributed by atoms with Crippen LogP contribution in [-0.2, 0) is 16.9 Å². The Labute approximate surface area is 172 Å². The van der Waals surface area contributed by atoms with Gasteiger partial charge in [0.25, 0.3) is 5.69 Å². The predicted molar refractivity (Wildman–Crippen MR) is 106 cm³/mol. The van der Waals surface area contributed by atoms with E-state index in [2.05, 4.69) is 0 Å². The van der Waals surface area contributed by atoms with Crippen LogP contribution in [0.1, 0.15) is 5.56 Å². The van der Waals surface area contributed by atoms with Gasteiger partial charge in [-0.05, 0) is 36.8 Å². The summed E-state index contributed by atoms with van der Waals surface area (Å²) in [5.74, 6) is 0. The summed E-state index contributed by atoms with van der Waals surface area (Å²) >= 11 is 6.01. The summed E-state index contributed by atoms with van der Waals surface area (Å²) in [6, 6.07) is 6.76. The fourth-order valence-corrected chi connectivity index (χ4v) is 4.93. The van der Waals surface area contributed by atoms with Gasteiger partial charge in [0.2, 0.25) is 9.84 Å². The van der Waals surface area contributed by atoms with Crippen LogP contribution in [0.25, 0.3) is 5.69 Å². The number of nitro groups is 1. The number of aryl methyl sites for hydroxylation is 1. The van der Waals surface area contributed by atoms with Gasteiger partial charge in [0.1, 0.15) is 0 Å². The number of benzene rings is 2. The Morgan fingerprint density at radius 2 is 1.67 bits per heavy atom. The first-order chi connectivity index (χ1) is 13.9. The molecule has 11 nitrogen and oxygen atoms in total. The van der Waals surface area contributed by atoms with Crippen LogP contribution in [0.15, 0.2) is 60.6 Å². The second-order valence-corrected chi connectivity index (χ2v) is 8.53. The standard InChI is InChI=1S/C17H13ClN4O7S/c1-9-7-11(22(26)27)8-13(18)14(9)30(28,29)12-5-3-10(4-6-12)21-16(24)19-15(23)20(2)17(21)25/h3-8H,1-2H3,(H,19,23,24). The molecule has 1 aromatic heterocycles. The van der Waals surface area contributed by atoms with Gasteiger partial charge in [-0.1, -0.05) is 11.6 Å². The monoisotopic (exact) mass is 452 g/mol. The molecular weight excluding hydrogens is 440 g/mol. The average Bonchev–Trinajstić information content (AvgIpc) is 2.65. The lowest BCUT2D eigenvalue weighted by atomic mass is 10.2. The molecule has 0 aliphatic rings.